The molecule has 2 aromatic carbocycles. The van der Waals surface area contributed by atoms with E-state index in [1.54, 1.807) is 6.92 Å². The lowest BCUT2D eigenvalue weighted by atomic mass is 9.97. The minimum atomic E-state index is -0.986. The first-order valence-corrected chi connectivity index (χ1v) is 8.42. The Hall–Kier alpha value is -2.34. The molecule has 0 N–H and O–H groups in total. The van der Waals surface area contributed by atoms with E-state index in [1.165, 1.54) is 43.4 Å². The average molecular weight is 326 g/mol. The van der Waals surface area contributed by atoms with Gasteiger partial charge < -0.3 is 4.74 Å². The Bertz CT molecular complexity index is 763. The quantitative estimate of drug-likeness (QED) is 0.684. The van der Waals surface area contributed by atoms with Gasteiger partial charge in [-0.3, -0.25) is 0 Å². The van der Waals surface area contributed by atoms with Crippen LogP contribution < -0.4 is 4.74 Å². The Morgan fingerprint density at radius 3 is 2.33 bits per heavy atom. The zero-order chi connectivity index (χ0) is 16.9. The maximum Gasteiger partial charge on any atom is 0.201 e. The van der Waals surface area contributed by atoms with E-state index in [9.17, 15) is 8.78 Å². The van der Waals surface area contributed by atoms with E-state index in [-0.39, 0.29) is 17.9 Å². The third-order valence-electron chi connectivity index (χ3n) is 4.43. The highest BCUT2D eigenvalue weighted by Crippen LogP contribution is 2.33. The second kappa shape index (κ2) is 7.49. The summed E-state index contributed by atoms with van der Waals surface area (Å²) in [5.41, 5.74) is 2.18. The first-order chi connectivity index (χ1) is 11.7. The van der Waals surface area contributed by atoms with E-state index >= 15 is 0 Å². The van der Waals surface area contributed by atoms with Crippen molar-refractivity contribution in [2.24, 2.45) is 0 Å². The molecular weight excluding hydrogens is 306 g/mol. The van der Waals surface area contributed by atoms with Crippen molar-refractivity contribution in [2.75, 3.05) is 6.61 Å². The SMILES string of the molecule is CCOc1ccc(C#Cc2ccc(C3CCCC3)cc2)c(F)c1F. The van der Waals surface area contributed by atoms with Gasteiger partial charge >= 0.3 is 0 Å². The molecular formula is C21H20F2O. The van der Waals surface area contributed by atoms with Crippen molar-refractivity contribution < 1.29 is 13.5 Å². The fraction of sp³-hybridized carbons (Fsp3) is 0.333. The summed E-state index contributed by atoms with van der Waals surface area (Å²) in [7, 11) is 0. The molecule has 0 atom stereocenters. The summed E-state index contributed by atoms with van der Waals surface area (Å²) in [6.45, 7) is 2.01. The maximum absolute atomic E-state index is 14.0. The van der Waals surface area contributed by atoms with Gasteiger partial charge in [-0.25, -0.2) is 4.39 Å². The minimum absolute atomic E-state index is 0.0378. The molecule has 0 amide bonds. The number of halogens is 2. The molecule has 1 fully saturated rings. The molecule has 124 valence electrons. The van der Waals surface area contributed by atoms with Crippen LogP contribution >= 0.6 is 0 Å². The van der Waals surface area contributed by atoms with Crippen molar-refractivity contribution in [1.29, 1.82) is 0 Å². The van der Waals surface area contributed by atoms with Gasteiger partial charge in [0.15, 0.2) is 11.6 Å². The lowest BCUT2D eigenvalue weighted by Gasteiger charge is -2.08. The van der Waals surface area contributed by atoms with Crippen LogP contribution in [-0.2, 0) is 0 Å². The average Bonchev–Trinajstić information content (AvgIpc) is 3.14. The van der Waals surface area contributed by atoms with Crippen molar-refractivity contribution in [3.05, 3.63) is 64.7 Å². The fourth-order valence-corrected chi connectivity index (χ4v) is 3.13. The molecule has 0 aromatic heterocycles. The third-order valence-corrected chi connectivity index (χ3v) is 4.43. The summed E-state index contributed by atoms with van der Waals surface area (Å²) in [4.78, 5) is 0. The molecule has 0 radical (unpaired) electrons. The second-order valence-electron chi connectivity index (χ2n) is 6.03. The predicted molar refractivity (Wildman–Crippen MR) is 91.2 cm³/mol. The Morgan fingerprint density at radius 2 is 1.67 bits per heavy atom. The summed E-state index contributed by atoms with van der Waals surface area (Å²) in [6, 6.07) is 10.9. The molecule has 24 heavy (non-hydrogen) atoms. The zero-order valence-electron chi connectivity index (χ0n) is 13.7. The van der Waals surface area contributed by atoms with Crippen LogP contribution in [0.3, 0.4) is 0 Å². The molecule has 1 aliphatic carbocycles. The summed E-state index contributed by atoms with van der Waals surface area (Å²) in [5.74, 6) is 4.24. The van der Waals surface area contributed by atoms with Crippen LogP contribution in [0.2, 0.25) is 0 Å². The summed E-state index contributed by atoms with van der Waals surface area (Å²) >= 11 is 0. The van der Waals surface area contributed by atoms with Gasteiger partial charge in [-0.15, -0.1) is 0 Å². The van der Waals surface area contributed by atoms with Gasteiger partial charge in [0.2, 0.25) is 5.82 Å². The highest BCUT2D eigenvalue weighted by molar-refractivity contribution is 5.46. The van der Waals surface area contributed by atoms with E-state index in [0.29, 0.717) is 5.92 Å². The normalized spacial score (nSPS) is 14.3. The van der Waals surface area contributed by atoms with Gasteiger partial charge in [0.1, 0.15) is 0 Å². The fourth-order valence-electron chi connectivity index (χ4n) is 3.13. The first kappa shape index (κ1) is 16.5. The van der Waals surface area contributed by atoms with Gasteiger partial charge in [-0.2, -0.15) is 4.39 Å². The molecule has 3 heteroatoms. The van der Waals surface area contributed by atoms with Crippen molar-refractivity contribution >= 4 is 0 Å². The maximum atomic E-state index is 14.0. The van der Waals surface area contributed by atoms with Crippen molar-refractivity contribution in [1.82, 2.24) is 0 Å². The smallest absolute Gasteiger partial charge is 0.201 e. The third kappa shape index (κ3) is 3.59. The van der Waals surface area contributed by atoms with Crippen LogP contribution in [0.15, 0.2) is 36.4 Å². The molecule has 1 aliphatic rings. The van der Waals surface area contributed by atoms with Crippen LogP contribution in [-0.4, -0.2) is 6.61 Å². The summed E-state index contributed by atoms with van der Waals surface area (Å²) < 4.78 is 32.9. The molecule has 2 aromatic rings. The van der Waals surface area contributed by atoms with Crippen molar-refractivity contribution in [3.63, 3.8) is 0 Å². The predicted octanol–water partition coefficient (Wildman–Crippen LogP) is 5.42. The van der Waals surface area contributed by atoms with Crippen LogP contribution in [0.25, 0.3) is 0 Å². The summed E-state index contributed by atoms with van der Waals surface area (Å²) in [6.07, 6.45) is 5.10. The van der Waals surface area contributed by atoms with Gasteiger partial charge in [0.25, 0.3) is 0 Å². The first-order valence-electron chi connectivity index (χ1n) is 8.42. The van der Waals surface area contributed by atoms with E-state index in [4.69, 9.17) is 4.74 Å². The minimum Gasteiger partial charge on any atom is -0.491 e. The van der Waals surface area contributed by atoms with Crippen LogP contribution in [0.4, 0.5) is 8.78 Å². The number of hydrogen-bond donors (Lipinski definition) is 0. The molecule has 1 saturated carbocycles. The van der Waals surface area contributed by atoms with E-state index in [1.807, 2.05) is 12.1 Å². The van der Waals surface area contributed by atoms with E-state index < -0.39 is 11.6 Å². The standard InChI is InChI=1S/C21H20F2O/c1-2-24-19-14-13-18(20(22)21(19)23)12-9-15-7-10-17(11-8-15)16-5-3-4-6-16/h7-8,10-11,13-14,16H,2-6H2,1H3. The van der Waals surface area contributed by atoms with Gasteiger partial charge in [0.05, 0.1) is 12.2 Å². The van der Waals surface area contributed by atoms with Crippen molar-refractivity contribution in [3.8, 4) is 17.6 Å². The van der Waals surface area contributed by atoms with Crippen LogP contribution in [0.1, 0.15) is 55.2 Å². The van der Waals surface area contributed by atoms with Crippen LogP contribution in [0, 0.1) is 23.5 Å². The lowest BCUT2D eigenvalue weighted by molar-refractivity contribution is 0.314. The molecule has 0 saturated heterocycles. The topological polar surface area (TPSA) is 9.23 Å². The van der Waals surface area contributed by atoms with Gasteiger partial charge in [-0.1, -0.05) is 36.8 Å². The molecule has 0 unspecified atom stereocenters. The number of hydrogen-bond acceptors (Lipinski definition) is 1. The summed E-state index contributed by atoms with van der Waals surface area (Å²) in [5, 5.41) is 0. The Labute approximate surface area is 141 Å². The molecule has 0 aliphatic heterocycles. The highest BCUT2D eigenvalue weighted by atomic mass is 19.2. The molecule has 0 bridgehead atoms. The lowest BCUT2D eigenvalue weighted by Crippen LogP contribution is -1.98. The van der Waals surface area contributed by atoms with Crippen molar-refractivity contribution in [2.45, 2.75) is 38.5 Å². The Morgan fingerprint density at radius 1 is 0.958 bits per heavy atom. The second-order valence-corrected chi connectivity index (χ2v) is 6.03. The molecule has 0 heterocycles. The monoisotopic (exact) mass is 326 g/mol. The zero-order valence-corrected chi connectivity index (χ0v) is 13.7. The van der Waals surface area contributed by atoms with Crippen LogP contribution in [0.5, 0.6) is 5.75 Å². The molecule has 3 rings (SSSR count). The number of rotatable bonds is 3. The number of benzene rings is 2. The van der Waals surface area contributed by atoms with E-state index in [0.717, 1.165) is 5.56 Å². The van der Waals surface area contributed by atoms with Gasteiger partial charge in [-0.05, 0) is 55.5 Å². The number of ether oxygens (including phenoxy) is 1. The Balaban J connectivity index is 1.78. The Kier molecular flexibility index (Phi) is 5.15. The van der Waals surface area contributed by atoms with E-state index in [2.05, 4.69) is 24.0 Å². The van der Waals surface area contributed by atoms with Gasteiger partial charge in [0, 0.05) is 5.56 Å². The molecule has 1 nitrogen and oxygen atoms in total. The molecule has 0 spiro atoms. The highest BCUT2D eigenvalue weighted by Gasteiger charge is 2.16. The largest absolute Gasteiger partial charge is 0.491 e.